The number of nitrogens with two attached hydrogens (primary N) is 1. The highest BCUT2D eigenvalue weighted by atomic mass is 16.4. The van der Waals surface area contributed by atoms with Crippen LogP contribution in [0.2, 0.25) is 0 Å². The van der Waals surface area contributed by atoms with E-state index < -0.39 is 54.5 Å². The third-order valence-electron chi connectivity index (χ3n) is 3.86. The zero-order valence-electron chi connectivity index (χ0n) is 16.5. The lowest BCUT2D eigenvalue weighted by molar-refractivity contribution is -0.143. The molecule has 7 N–H and O–H groups in total. The molecule has 0 bridgehead atoms. The highest BCUT2D eigenvalue weighted by molar-refractivity contribution is 5.94. The summed E-state index contributed by atoms with van der Waals surface area (Å²) in [6, 6.07) is -4.18. The second-order valence-electron chi connectivity index (χ2n) is 7.28. The molecule has 4 unspecified atom stereocenters. The summed E-state index contributed by atoms with van der Waals surface area (Å²) < 4.78 is 0. The van der Waals surface area contributed by atoms with Crippen molar-refractivity contribution in [2.24, 2.45) is 17.6 Å². The SMILES string of the molecule is CC(C)CC(N)C(=O)NC(C)C(=O)NC(C(=O)NC(CO)C(=O)O)C(C)C. The topological polar surface area (TPSA) is 171 Å². The number of aliphatic hydroxyl groups excluding tert-OH is 1. The zero-order chi connectivity index (χ0) is 21.3. The predicted molar refractivity (Wildman–Crippen MR) is 98.5 cm³/mol. The Bertz CT molecular complexity index is 538. The number of carboxylic acid groups (broad SMARTS) is 1. The van der Waals surface area contributed by atoms with Crippen molar-refractivity contribution in [3.63, 3.8) is 0 Å². The quantitative estimate of drug-likeness (QED) is 0.252. The molecule has 0 spiro atoms. The summed E-state index contributed by atoms with van der Waals surface area (Å²) in [6.07, 6.45) is 0.467. The van der Waals surface area contributed by atoms with E-state index in [-0.39, 0.29) is 11.8 Å². The van der Waals surface area contributed by atoms with Gasteiger partial charge in [-0.1, -0.05) is 27.7 Å². The van der Waals surface area contributed by atoms with Gasteiger partial charge in [-0.2, -0.15) is 0 Å². The number of carbonyl (C=O) groups excluding carboxylic acids is 3. The summed E-state index contributed by atoms with van der Waals surface area (Å²) in [5, 5.41) is 25.1. The van der Waals surface area contributed by atoms with Crippen LogP contribution in [-0.4, -0.2) is 64.7 Å². The van der Waals surface area contributed by atoms with Crippen LogP contribution in [0.25, 0.3) is 0 Å². The van der Waals surface area contributed by atoms with Crippen LogP contribution in [0.1, 0.15) is 41.0 Å². The minimum Gasteiger partial charge on any atom is -0.480 e. The molecule has 0 aliphatic carbocycles. The maximum Gasteiger partial charge on any atom is 0.328 e. The highest BCUT2D eigenvalue weighted by Crippen LogP contribution is 2.05. The first kappa shape index (κ1) is 24.8. The van der Waals surface area contributed by atoms with Crippen LogP contribution in [0.5, 0.6) is 0 Å². The molecular weight excluding hydrogens is 356 g/mol. The Labute approximate surface area is 159 Å². The van der Waals surface area contributed by atoms with Gasteiger partial charge in [-0.25, -0.2) is 4.79 Å². The number of carboxylic acids is 1. The molecule has 0 radical (unpaired) electrons. The molecule has 0 rings (SSSR count). The lowest BCUT2D eigenvalue weighted by Crippen LogP contribution is -2.58. The molecule has 156 valence electrons. The van der Waals surface area contributed by atoms with Gasteiger partial charge >= 0.3 is 5.97 Å². The molecule has 0 aromatic heterocycles. The van der Waals surface area contributed by atoms with E-state index in [1.165, 1.54) is 6.92 Å². The van der Waals surface area contributed by atoms with E-state index in [0.29, 0.717) is 6.42 Å². The van der Waals surface area contributed by atoms with Crippen LogP contribution in [0.3, 0.4) is 0 Å². The van der Waals surface area contributed by atoms with Gasteiger partial charge in [0.05, 0.1) is 12.6 Å². The molecule has 0 fully saturated rings. The van der Waals surface area contributed by atoms with Crippen molar-refractivity contribution in [3.05, 3.63) is 0 Å². The smallest absolute Gasteiger partial charge is 0.328 e. The molecule has 0 saturated heterocycles. The van der Waals surface area contributed by atoms with E-state index in [1.54, 1.807) is 13.8 Å². The van der Waals surface area contributed by atoms with Gasteiger partial charge in [-0.3, -0.25) is 14.4 Å². The molecule has 0 aliphatic heterocycles. The predicted octanol–water partition coefficient (Wildman–Crippen LogP) is -1.43. The zero-order valence-corrected chi connectivity index (χ0v) is 16.5. The van der Waals surface area contributed by atoms with Gasteiger partial charge in [0.1, 0.15) is 18.1 Å². The number of amides is 3. The largest absolute Gasteiger partial charge is 0.480 e. The fraction of sp³-hybridized carbons (Fsp3) is 0.765. The average molecular weight is 388 g/mol. The number of hydrogen-bond donors (Lipinski definition) is 6. The molecule has 10 nitrogen and oxygen atoms in total. The Morgan fingerprint density at radius 1 is 0.889 bits per heavy atom. The Balaban J connectivity index is 4.89. The molecule has 4 atom stereocenters. The van der Waals surface area contributed by atoms with Crippen molar-refractivity contribution in [1.29, 1.82) is 0 Å². The number of hydrogen-bond acceptors (Lipinski definition) is 6. The summed E-state index contributed by atoms with van der Waals surface area (Å²) in [7, 11) is 0. The molecule has 3 amide bonds. The van der Waals surface area contributed by atoms with E-state index in [2.05, 4.69) is 16.0 Å². The average Bonchev–Trinajstić information content (AvgIpc) is 2.55. The van der Waals surface area contributed by atoms with Gasteiger partial charge in [-0.05, 0) is 25.2 Å². The van der Waals surface area contributed by atoms with Gasteiger partial charge in [0, 0.05) is 0 Å². The fourth-order valence-corrected chi connectivity index (χ4v) is 2.26. The Morgan fingerprint density at radius 3 is 1.85 bits per heavy atom. The van der Waals surface area contributed by atoms with E-state index in [4.69, 9.17) is 15.9 Å². The van der Waals surface area contributed by atoms with Crippen molar-refractivity contribution in [2.45, 2.75) is 65.2 Å². The standard InChI is InChI=1S/C17H32N4O6/c1-8(2)6-11(18)15(24)19-10(5)14(23)21-13(9(3)4)16(25)20-12(7-22)17(26)27/h8-13,22H,6-7,18H2,1-5H3,(H,19,24)(H,20,25)(H,21,23)(H,26,27). The molecule has 10 heteroatoms. The third kappa shape index (κ3) is 8.83. The highest BCUT2D eigenvalue weighted by Gasteiger charge is 2.30. The summed E-state index contributed by atoms with van der Waals surface area (Å²) in [6.45, 7) is 7.86. The van der Waals surface area contributed by atoms with Crippen molar-refractivity contribution in [1.82, 2.24) is 16.0 Å². The van der Waals surface area contributed by atoms with Crippen LogP contribution in [0.4, 0.5) is 0 Å². The maximum atomic E-state index is 12.3. The lowest BCUT2D eigenvalue weighted by atomic mass is 10.0. The molecule has 0 aliphatic rings. The Kier molecular flexibility index (Phi) is 10.6. The molecule has 27 heavy (non-hydrogen) atoms. The third-order valence-corrected chi connectivity index (χ3v) is 3.86. The number of aliphatic carboxylic acids is 1. The minimum atomic E-state index is -1.47. The van der Waals surface area contributed by atoms with Crippen LogP contribution in [-0.2, 0) is 19.2 Å². The van der Waals surface area contributed by atoms with E-state index >= 15 is 0 Å². The fourth-order valence-electron chi connectivity index (χ4n) is 2.26. The van der Waals surface area contributed by atoms with Crippen LogP contribution in [0.15, 0.2) is 0 Å². The summed E-state index contributed by atoms with van der Waals surface area (Å²) in [5.41, 5.74) is 5.78. The van der Waals surface area contributed by atoms with Gasteiger partial charge < -0.3 is 31.9 Å². The Hall–Kier alpha value is -2.20. The first-order valence-corrected chi connectivity index (χ1v) is 8.91. The number of rotatable bonds is 11. The number of aliphatic hydroxyl groups is 1. The number of carbonyl (C=O) groups is 4. The van der Waals surface area contributed by atoms with Crippen molar-refractivity contribution < 1.29 is 29.4 Å². The second-order valence-corrected chi connectivity index (χ2v) is 7.28. The lowest BCUT2D eigenvalue weighted by Gasteiger charge is -2.25. The first-order chi connectivity index (χ1) is 12.4. The van der Waals surface area contributed by atoms with Gasteiger partial charge in [0.2, 0.25) is 17.7 Å². The van der Waals surface area contributed by atoms with E-state index in [9.17, 15) is 19.2 Å². The second kappa shape index (κ2) is 11.5. The minimum absolute atomic E-state index is 0.220. The van der Waals surface area contributed by atoms with Gasteiger partial charge in [0.15, 0.2) is 0 Å². The van der Waals surface area contributed by atoms with Crippen molar-refractivity contribution in [3.8, 4) is 0 Å². The summed E-state index contributed by atoms with van der Waals surface area (Å²) >= 11 is 0. The van der Waals surface area contributed by atoms with E-state index in [0.717, 1.165) is 0 Å². The molecular formula is C17H32N4O6. The molecule has 0 aromatic rings. The first-order valence-electron chi connectivity index (χ1n) is 8.91. The normalized spacial score (nSPS) is 15.6. The Morgan fingerprint density at radius 2 is 1.44 bits per heavy atom. The maximum absolute atomic E-state index is 12.3. The van der Waals surface area contributed by atoms with E-state index in [1.807, 2.05) is 13.8 Å². The number of nitrogens with one attached hydrogen (secondary N) is 3. The monoisotopic (exact) mass is 388 g/mol. The van der Waals surface area contributed by atoms with Crippen molar-refractivity contribution in [2.75, 3.05) is 6.61 Å². The van der Waals surface area contributed by atoms with Gasteiger partial charge in [0.25, 0.3) is 0 Å². The van der Waals surface area contributed by atoms with Gasteiger partial charge in [-0.15, -0.1) is 0 Å². The van der Waals surface area contributed by atoms with Crippen LogP contribution >= 0.6 is 0 Å². The summed E-state index contributed by atoms with van der Waals surface area (Å²) in [5.74, 6) is -3.34. The summed E-state index contributed by atoms with van der Waals surface area (Å²) in [4.78, 5) is 47.5. The van der Waals surface area contributed by atoms with Crippen LogP contribution < -0.4 is 21.7 Å². The molecule has 0 heterocycles. The van der Waals surface area contributed by atoms with Crippen LogP contribution in [0, 0.1) is 11.8 Å². The molecule has 0 saturated carbocycles. The molecule has 0 aromatic carbocycles. The van der Waals surface area contributed by atoms with Crippen molar-refractivity contribution >= 4 is 23.7 Å².